The minimum absolute atomic E-state index is 0.0444. The second-order valence-electron chi connectivity index (χ2n) is 7.96. The maximum Gasteiger partial charge on any atom is 0.244 e. The van der Waals surface area contributed by atoms with Crippen LogP contribution in [0.4, 0.5) is 11.4 Å². The Labute approximate surface area is 175 Å². The summed E-state index contributed by atoms with van der Waals surface area (Å²) in [5, 5.41) is 2.84. The van der Waals surface area contributed by atoms with E-state index in [2.05, 4.69) is 16.3 Å². The highest BCUT2D eigenvalue weighted by Crippen LogP contribution is 2.39. The lowest BCUT2D eigenvalue weighted by molar-refractivity contribution is -0.125. The summed E-state index contributed by atoms with van der Waals surface area (Å²) in [4.78, 5) is 29.5. The summed E-state index contributed by atoms with van der Waals surface area (Å²) < 4.78 is 11.4. The van der Waals surface area contributed by atoms with Gasteiger partial charge in [-0.25, -0.2) is 0 Å². The van der Waals surface area contributed by atoms with Crippen LogP contribution in [0.5, 0.6) is 11.5 Å². The quantitative estimate of drug-likeness (QED) is 0.847. The summed E-state index contributed by atoms with van der Waals surface area (Å²) in [5.41, 5.74) is 2.57. The van der Waals surface area contributed by atoms with Gasteiger partial charge in [0.1, 0.15) is 19.8 Å². The number of anilines is 2. The Bertz CT molecular complexity index is 992. The first-order valence-electron chi connectivity index (χ1n) is 10.5. The average Bonchev–Trinajstić information content (AvgIpc) is 3.27. The fourth-order valence-electron chi connectivity index (χ4n) is 4.68. The fourth-order valence-corrected chi connectivity index (χ4v) is 4.68. The smallest absolute Gasteiger partial charge is 0.244 e. The molecule has 2 aromatic carbocycles. The van der Waals surface area contributed by atoms with Gasteiger partial charge in [0.2, 0.25) is 11.8 Å². The zero-order valence-corrected chi connectivity index (χ0v) is 17.0. The summed E-state index contributed by atoms with van der Waals surface area (Å²) >= 11 is 0. The highest BCUT2D eigenvalue weighted by atomic mass is 16.6. The molecular weight excluding hydrogens is 382 g/mol. The molecule has 3 aliphatic heterocycles. The van der Waals surface area contributed by atoms with Crippen LogP contribution < -0.4 is 19.7 Å². The van der Waals surface area contributed by atoms with E-state index >= 15 is 0 Å². The topological polar surface area (TPSA) is 71.1 Å². The monoisotopic (exact) mass is 407 g/mol. The van der Waals surface area contributed by atoms with Crippen molar-refractivity contribution in [2.45, 2.75) is 31.8 Å². The molecule has 0 radical (unpaired) electrons. The Hall–Kier alpha value is -3.06. The molecule has 0 bridgehead atoms. The number of carbonyl (C=O) groups excluding carboxylic acids is 2. The highest BCUT2D eigenvalue weighted by molar-refractivity contribution is 6.11. The number of carbonyl (C=O) groups is 2. The van der Waals surface area contributed by atoms with Crippen LogP contribution >= 0.6 is 0 Å². The largest absolute Gasteiger partial charge is 0.486 e. The molecule has 0 unspecified atom stereocenters. The van der Waals surface area contributed by atoms with E-state index in [0.29, 0.717) is 18.9 Å². The van der Waals surface area contributed by atoms with Gasteiger partial charge in [-0.05, 0) is 56.1 Å². The summed E-state index contributed by atoms with van der Waals surface area (Å²) in [6.07, 6.45) is 2.00. The number of nitrogens with zero attached hydrogens (tertiary/aromatic N) is 2. The molecule has 2 amide bonds. The van der Waals surface area contributed by atoms with Crippen molar-refractivity contribution in [3.8, 4) is 11.5 Å². The van der Waals surface area contributed by atoms with Crippen LogP contribution in [0.3, 0.4) is 0 Å². The van der Waals surface area contributed by atoms with E-state index in [1.165, 1.54) is 0 Å². The predicted molar refractivity (Wildman–Crippen MR) is 113 cm³/mol. The second kappa shape index (κ2) is 7.65. The van der Waals surface area contributed by atoms with Crippen LogP contribution in [-0.4, -0.2) is 49.1 Å². The van der Waals surface area contributed by atoms with Crippen molar-refractivity contribution in [3.05, 3.63) is 48.0 Å². The van der Waals surface area contributed by atoms with E-state index in [1.807, 2.05) is 43.3 Å². The zero-order chi connectivity index (χ0) is 20.7. The number of ether oxygens (including phenoxy) is 2. The van der Waals surface area contributed by atoms with Gasteiger partial charge >= 0.3 is 0 Å². The summed E-state index contributed by atoms with van der Waals surface area (Å²) in [6, 6.07) is 13.3. The Balaban J connectivity index is 1.40. The van der Waals surface area contributed by atoms with Crippen LogP contribution in [0.2, 0.25) is 0 Å². The Kier molecular flexibility index (Phi) is 4.83. The van der Waals surface area contributed by atoms with Crippen LogP contribution in [0.1, 0.15) is 31.4 Å². The van der Waals surface area contributed by atoms with Crippen LogP contribution in [0.25, 0.3) is 0 Å². The molecule has 2 atom stereocenters. The summed E-state index contributed by atoms with van der Waals surface area (Å²) in [7, 11) is 0. The van der Waals surface area contributed by atoms with Crippen molar-refractivity contribution in [1.29, 1.82) is 0 Å². The van der Waals surface area contributed by atoms with E-state index in [4.69, 9.17) is 9.47 Å². The van der Waals surface area contributed by atoms with Crippen molar-refractivity contribution >= 4 is 23.2 Å². The lowest BCUT2D eigenvalue weighted by atomic mass is 10.0. The number of benzene rings is 2. The van der Waals surface area contributed by atoms with Gasteiger partial charge in [-0.2, -0.15) is 0 Å². The number of para-hydroxylation sites is 2. The van der Waals surface area contributed by atoms with Crippen molar-refractivity contribution in [3.63, 3.8) is 0 Å². The first-order chi connectivity index (χ1) is 14.6. The molecule has 30 heavy (non-hydrogen) atoms. The first-order valence-corrected chi connectivity index (χ1v) is 10.5. The zero-order valence-electron chi connectivity index (χ0n) is 17.0. The normalized spacial score (nSPS) is 21.7. The van der Waals surface area contributed by atoms with Gasteiger partial charge < -0.3 is 14.8 Å². The maximum atomic E-state index is 13.5. The number of rotatable bonds is 3. The third-order valence-corrected chi connectivity index (χ3v) is 6.14. The molecule has 0 spiro atoms. The minimum Gasteiger partial charge on any atom is -0.486 e. The maximum absolute atomic E-state index is 13.5. The lowest BCUT2D eigenvalue weighted by Gasteiger charge is -2.36. The SMILES string of the molecule is C[C@@H](C(=O)N1CC(=O)Nc2ccccc21)N1CCC[C@@H]1c1ccc2c(c1)OCCO2. The number of likely N-dealkylation sites (tertiary alicyclic amines) is 1. The Morgan fingerprint density at radius 3 is 2.80 bits per heavy atom. The lowest BCUT2D eigenvalue weighted by Crippen LogP contribution is -2.51. The number of nitrogens with one attached hydrogen (secondary N) is 1. The molecule has 0 aliphatic carbocycles. The van der Waals surface area contributed by atoms with Crippen molar-refractivity contribution in [2.75, 3.05) is 36.5 Å². The van der Waals surface area contributed by atoms with Gasteiger partial charge in [-0.1, -0.05) is 18.2 Å². The molecule has 2 aromatic rings. The first kappa shape index (κ1) is 18.9. The number of fused-ring (bicyclic) bond motifs is 2. The molecule has 7 nitrogen and oxygen atoms in total. The minimum atomic E-state index is -0.343. The summed E-state index contributed by atoms with van der Waals surface area (Å²) in [5.74, 6) is 1.32. The molecule has 5 rings (SSSR count). The van der Waals surface area contributed by atoms with E-state index in [0.717, 1.165) is 42.1 Å². The fraction of sp³-hybridized carbons (Fsp3) is 0.391. The molecule has 7 heteroatoms. The predicted octanol–water partition coefficient (Wildman–Crippen LogP) is 2.97. The van der Waals surface area contributed by atoms with Crippen molar-refractivity contribution < 1.29 is 19.1 Å². The van der Waals surface area contributed by atoms with Gasteiger partial charge in [0.05, 0.1) is 17.4 Å². The van der Waals surface area contributed by atoms with Gasteiger partial charge in [-0.15, -0.1) is 0 Å². The molecule has 1 saturated heterocycles. The standard InChI is InChI=1S/C23H25N3O4/c1-15(23(28)26-14-22(27)24-17-5-2-3-6-19(17)26)25-10-4-7-18(25)16-8-9-20-21(13-16)30-12-11-29-20/h2-3,5-6,8-9,13,15,18H,4,7,10-12,14H2,1H3,(H,24,27)/t15-,18+/m0/s1. The van der Waals surface area contributed by atoms with E-state index in [9.17, 15) is 9.59 Å². The highest BCUT2D eigenvalue weighted by Gasteiger charge is 2.37. The van der Waals surface area contributed by atoms with Crippen LogP contribution in [-0.2, 0) is 9.59 Å². The number of amides is 2. The third-order valence-electron chi connectivity index (χ3n) is 6.14. The number of hydrogen-bond acceptors (Lipinski definition) is 5. The third kappa shape index (κ3) is 3.29. The molecule has 156 valence electrons. The van der Waals surface area contributed by atoms with E-state index in [-0.39, 0.29) is 30.4 Å². The van der Waals surface area contributed by atoms with Crippen molar-refractivity contribution in [1.82, 2.24) is 4.90 Å². The van der Waals surface area contributed by atoms with E-state index < -0.39 is 0 Å². The van der Waals surface area contributed by atoms with Crippen molar-refractivity contribution in [2.24, 2.45) is 0 Å². The van der Waals surface area contributed by atoms with Gasteiger partial charge in [-0.3, -0.25) is 19.4 Å². The number of hydrogen-bond donors (Lipinski definition) is 1. The molecule has 3 heterocycles. The van der Waals surface area contributed by atoms with E-state index in [1.54, 1.807) is 4.90 Å². The molecule has 1 N–H and O–H groups in total. The molecular formula is C23H25N3O4. The van der Waals surface area contributed by atoms with Crippen LogP contribution in [0.15, 0.2) is 42.5 Å². The van der Waals surface area contributed by atoms with Gasteiger partial charge in [0, 0.05) is 6.04 Å². The Morgan fingerprint density at radius 2 is 1.93 bits per heavy atom. The van der Waals surface area contributed by atoms with Crippen LogP contribution in [0, 0.1) is 0 Å². The Morgan fingerprint density at radius 1 is 1.13 bits per heavy atom. The molecule has 3 aliphatic rings. The van der Waals surface area contributed by atoms with Gasteiger partial charge in [0.25, 0.3) is 0 Å². The molecule has 1 fully saturated rings. The second-order valence-corrected chi connectivity index (χ2v) is 7.96. The van der Waals surface area contributed by atoms with Gasteiger partial charge in [0.15, 0.2) is 11.5 Å². The molecule has 0 aromatic heterocycles. The molecule has 0 saturated carbocycles. The average molecular weight is 407 g/mol. The summed E-state index contributed by atoms with van der Waals surface area (Å²) in [6.45, 7) is 3.94.